The summed E-state index contributed by atoms with van der Waals surface area (Å²) >= 11 is 0. The lowest BCUT2D eigenvalue weighted by molar-refractivity contribution is -0.513. The molecule has 0 unspecified atom stereocenters. The van der Waals surface area contributed by atoms with Crippen LogP contribution in [0.25, 0.3) is 0 Å². The van der Waals surface area contributed by atoms with Crippen LogP contribution in [0.3, 0.4) is 0 Å². The number of unbranched alkanes of at least 4 members (excludes halogenated alkanes) is 1. The maximum atomic E-state index is 5.43. The van der Waals surface area contributed by atoms with Gasteiger partial charge in [-0.3, -0.25) is 9.48 Å². The molecule has 0 fully saturated rings. The first-order chi connectivity index (χ1) is 9.19. The Morgan fingerprint density at radius 1 is 1.16 bits per heavy atom. The van der Waals surface area contributed by atoms with Crippen molar-refractivity contribution in [3.63, 3.8) is 0 Å². The van der Waals surface area contributed by atoms with Crippen LogP contribution in [0.4, 0.5) is 0 Å². The molecule has 1 heterocycles. The van der Waals surface area contributed by atoms with Gasteiger partial charge in [0.1, 0.15) is 13.1 Å². The third-order valence-corrected chi connectivity index (χ3v) is 6.49. The summed E-state index contributed by atoms with van der Waals surface area (Å²) in [6.07, 6.45) is 5.84. The maximum absolute atomic E-state index is 5.43. The molecule has 0 radical (unpaired) electrons. The van der Waals surface area contributed by atoms with Gasteiger partial charge in [-0.05, 0) is 12.8 Å². The van der Waals surface area contributed by atoms with Crippen LogP contribution in [-0.2, 0) is 13.3 Å². The Morgan fingerprint density at radius 2 is 1.84 bits per heavy atom. The summed E-state index contributed by atoms with van der Waals surface area (Å²) in [6, 6.07) is 0.871. The van der Waals surface area contributed by atoms with E-state index in [1.165, 1.54) is 19.4 Å². The van der Waals surface area contributed by atoms with Gasteiger partial charge in [0.15, 0.2) is 0 Å². The van der Waals surface area contributed by atoms with Gasteiger partial charge in [0, 0.05) is 27.4 Å². The monoisotopic (exact) mass is 289 g/mol. The standard InChI is InChI=1S/C13H29N2O3Si/c1-5-6-8-14-10-11-15(13-14)9-7-12-19(16-2,17-3)18-4/h13H,5-12H2,1-4H3/q+1. The lowest BCUT2D eigenvalue weighted by atomic mass is 10.3. The third-order valence-electron chi connectivity index (χ3n) is 3.66. The zero-order valence-corrected chi connectivity index (χ0v) is 13.9. The molecule has 0 amide bonds. The minimum Gasteiger partial charge on any atom is -0.377 e. The molecular weight excluding hydrogens is 260 g/mol. The molecule has 1 aliphatic heterocycles. The summed E-state index contributed by atoms with van der Waals surface area (Å²) in [7, 11) is 2.64. The van der Waals surface area contributed by atoms with Crippen molar-refractivity contribution in [2.45, 2.75) is 32.2 Å². The van der Waals surface area contributed by atoms with E-state index in [0.717, 1.165) is 32.1 Å². The quantitative estimate of drug-likeness (QED) is 0.450. The van der Waals surface area contributed by atoms with Crippen LogP contribution in [0, 0.1) is 0 Å². The smallest absolute Gasteiger partial charge is 0.377 e. The van der Waals surface area contributed by atoms with Crippen LogP contribution in [0.15, 0.2) is 0 Å². The minimum absolute atomic E-state index is 0.871. The third kappa shape index (κ3) is 5.22. The topological polar surface area (TPSA) is 33.9 Å². The van der Waals surface area contributed by atoms with E-state index in [2.05, 4.69) is 22.7 Å². The zero-order valence-electron chi connectivity index (χ0n) is 12.9. The van der Waals surface area contributed by atoms with E-state index >= 15 is 0 Å². The van der Waals surface area contributed by atoms with Crippen molar-refractivity contribution in [3.8, 4) is 0 Å². The Kier molecular flexibility index (Phi) is 7.59. The van der Waals surface area contributed by atoms with E-state index < -0.39 is 8.80 Å². The highest BCUT2D eigenvalue weighted by atomic mass is 28.4. The number of nitrogens with zero attached hydrogens (tertiary/aromatic N) is 2. The first kappa shape index (κ1) is 16.6. The average molecular weight is 289 g/mol. The highest BCUT2D eigenvalue weighted by Gasteiger charge is 2.37. The number of hydrogen-bond acceptors (Lipinski definition) is 4. The molecule has 0 bridgehead atoms. The van der Waals surface area contributed by atoms with Gasteiger partial charge in [-0.25, -0.2) is 0 Å². The first-order valence-corrected chi connectivity index (χ1v) is 9.11. The second-order valence-corrected chi connectivity index (χ2v) is 8.03. The fourth-order valence-corrected chi connectivity index (χ4v) is 4.06. The average Bonchev–Trinajstić information content (AvgIpc) is 2.90. The van der Waals surface area contributed by atoms with Crippen molar-refractivity contribution in [1.29, 1.82) is 0 Å². The number of hydrogen-bond donors (Lipinski definition) is 0. The van der Waals surface area contributed by atoms with Crippen LogP contribution in [0.5, 0.6) is 0 Å². The first-order valence-electron chi connectivity index (χ1n) is 7.18. The Balaban J connectivity index is 2.29. The van der Waals surface area contributed by atoms with Gasteiger partial charge in [0.05, 0.1) is 13.1 Å². The van der Waals surface area contributed by atoms with Gasteiger partial charge in [-0.15, -0.1) is 0 Å². The van der Waals surface area contributed by atoms with Crippen LogP contribution in [0.2, 0.25) is 6.04 Å². The molecule has 0 aromatic carbocycles. The van der Waals surface area contributed by atoms with Crippen molar-refractivity contribution in [1.82, 2.24) is 4.90 Å². The van der Waals surface area contributed by atoms with Gasteiger partial charge < -0.3 is 13.3 Å². The van der Waals surface area contributed by atoms with Gasteiger partial charge in [-0.2, -0.15) is 0 Å². The molecular formula is C13H29N2O3Si+. The molecule has 5 nitrogen and oxygen atoms in total. The summed E-state index contributed by atoms with van der Waals surface area (Å²) < 4.78 is 18.7. The van der Waals surface area contributed by atoms with E-state index in [4.69, 9.17) is 13.3 Å². The van der Waals surface area contributed by atoms with Crippen LogP contribution >= 0.6 is 0 Å². The van der Waals surface area contributed by atoms with E-state index in [-0.39, 0.29) is 0 Å². The highest BCUT2D eigenvalue weighted by Crippen LogP contribution is 2.15. The minimum atomic E-state index is -2.38. The molecule has 0 atom stereocenters. The molecule has 0 saturated heterocycles. The molecule has 112 valence electrons. The summed E-state index contributed by atoms with van der Waals surface area (Å²) in [5.74, 6) is 0. The second kappa shape index (κ2) is 8.68. The van der Waals surface area contributed by atoms with E-state index in [1.807, 2.05) is 0 Å². The molecule has 0 aromatic rings. The van der Waals surface area contributed by atoms with Gasteiger partial charge in [0.25, 0.3) is 0 Å². The fraction of sp³-hybridized carbons (Fsp3) is 0.923. The van der Waals surface area contributed by atoms with Crippen LogP contribution < -0.4 is 0 Å². The summed E-state index contributed by atoms with van der Waals surface area (Å²) in [5.41, 5.74) is 0. The van der Waals surface area contributed by atoms with Crippen molar-refractivity contribution in [2.75, 3.05) is 47.5 Å². The Labute approximate surface area is 118 Å². The van der Waals surface area contributed by atoms with E-state index in [9.17, 15) is 0 Å². The van der Waals surface area contributed by atoms with E-state index in [0.29, 0.717) is 0 Å². The highest BCUT2D eigenvalue weighted by molar-refractivity contribution is 6.60. The molecule has 1 rings (SSSR count). The normalized spacial score (nSPS) is 16.0. The van der Waals surface area contributed by atoms with E-state index in [1.54, 1.807) is 21.3 Å². The van der Waals surface area contributed by atoms with Crippen LogP contribution in [0.1, 0.15) is 26.2 Å². The Morgan fingerprint density at radius 3 is 2.42 bits per heavy atom. The fourth-order valence-electron chi connectivity index (χ4n) is 2.36. The van der Waals surface area contributed by atoms with Gasteiger partial charge in [0.2, 0.25) is 6.34 Å². The molecule has 0 aromatic heterocycles. The summed E-state index contributed by atoms with van der Waals surface area (Å²) in [4.78, 5) is 2.41. The lowest BCUT2D eigenvalue weighted by Crippen LogP contribution is -2.43. The molecule has 0 saturated carbocycles. The van der Waals surface area contributed by atoms with Crippen molar-refractivity contribution in [2.24, 2.45) is 0 Å². The largest absolute Gasteiger partial charge is 0.500 e. The zero-order chi connectivity index (χ0) is 14.1. The molecule has 6 heteroatoms. The van der Waals surface area contributed by atoms with Gasteiger partial charge in [-0.1, -0.05) is 13.3 Å². The predicted molar refractivity (Wildman–Crippen MR) is 78.7 cm³/mol. The summed E-state index contributed by atoms with van der Waals surface area (Å²) in [6.45, 7) is 6.75. The summed E-state index contributed by atoms with van der Waals surface area (Å²) in [5, 5.41) is 0. The molecule has 1 aliphatic rings. The molecule has 0 aliphatic carbocycles. The molecule has 19 heavy (non-hydrogen) atoms. The lowest BCUT2D eigenvalue weighted by Gasteiger charge is -2.23. The predicted octanol–water partition coefficient (Wildman–Crippen LogP) is 1.41. The van der Waals surface area contributed by atoms with Crippen molar-refractivity contribution >= 4 is 15.1 Å². The van der Waals surface area contributed by atoms with Crippen molar-refractivity contribution in [3.05, 3.63) is 0 Å². The Hall–Kier alpha value is -0.433. The maximum Gasteiger partial charge on any atom is 0.500 e. The van der Waals surface area contributed by atoms with Crippen molar-refractivity contribution < 1.29 is 17.9 Å². The second-order valence-electron chi connectivity index (χ2n) is 4.94. The molecule has 0 N–H and O–H groups in total. The Bertz CT molecular complexity index is 275. The number of rotatable bonds is 10. The SMILES string of the molecule is CCCCN1C=[N+](CCC[Si](OC)(OC)OC)CC1. The van der Waals surface area contributed by atoms with Crippen LogP contribution in [-0.4, -0.2) is 72.1 Å². The molecule has 0 spiro atoms. The van der Waals surface area contributed by atoms with Gasteiger partial charge >= 0.3 is 8.80 Å².